The number of ether oxygens (including phenoxy) is 5. The van der Waals surface area contributed by atoms with Crippen LogP contribution in [0.15, 0.2) is 0 Å². The first kappa shape index (κ1) is 40.9. The van der Waals surface area contributed by atoms with E-state index in [0.29, 0.717) is 38.8 Å². The van der Waals surface area contributed by atoms with Crippen LogP contribution < -0.4 is 10.6 Å². The number of esters is 1. The Balaban J connectivity index is 1.67. The van der Waals surface area contributed by atoms with Gasteiger partial charge in [0.2, 0.25) is 0 Å². The summed E-state index contributed by atoms with van der Waals surface area (Å²) in [5, 5.41) is 18.2. The van der Waals surface area contributed by atoms with Crippen molar-refractivity contribution in [2.24, 2.45) is 23.7 Å². The van der Waals surface area contributed by atoms with Crippen molar-refractivity contribution >= 4 is 17.8 Å². The second-order valence-electron chi connectivity index (χ2n) is 16.2. The Kier molecular flexibility index (Phi) is 13.8. The lowest BCUT2D eigenvalue weighted by Crippen LogP contribution is -2.61. The van der Waals surface area contributed by atoms with Crippen molar-refractivity contribution in [1.82, 2.24) is 20.4 Å². The van der Waals surface area contributed by atoms with Gasteiger partial charge in [-0.05, 0) is 98.8 Å². The number of carbonyl (C=O) groups excluding carboxylic acids is 3. The van der Waals surface area contributed by atoms with Crippen molar-refractivity contribution in [2.75, 3.05) is 47.9 Å². The Morgan fingerprint density at radius 1 is 1.04 bits per heavy atom. The molecule has 0 spiro atoms. The molecule has 1 amide bonds. The molecule has 3 N–H and O–H groups in total. The number of alkyl carbamates (subject to hydrolysis) is 1. The molecule has 3 aliphatic heterocycles. The molecule has 0 radical (unpaired) electrons. The molecule has 0 aromatic heterocycles. The highest BCUT2D eigenvalue weighted by Gasteiger charge is 2.57. The van der Waals surface area contributed by atoms with Crippen LogP contribution in [-0.2, 0) is 33.3 Å². The molecule has 4 rings (SSSR count). The molecule has 3 saturated heterocycles. The van der Waals surface area contributed by atoms with E-state index in [1.54, 1.807) is 21.0 Å². The van der Waals surface area contributed by atoms with Gasteiger partial charge in [-0.1, -0.05) is 27.7 Å². The number of likely N-dealkylation sites (N-methyl/N-ethyl adjacent to an activating group) is 2. The van der Waals surface area contributed by atoms with E-state index >= 15 is 0 Å². The first-order valence-electron chi connectivity index (χ1n) is 18.9. The number of nitrogens with zero attached hydrogens (tertiary/aromatic N) is 2. The number of carbonyl (C=O) groups is 3. The van der Waals surface area contributed by atoms with Gasteiger partial charge < -0.3 is 49.2 Å². The van der Waals surface area contributed by atoms with Crippen LogP contribution in [-0.4, -0.2) is 141 Å². The zero-order valence-corrected chi connectivity index (χ0v) is 32.4. The third-order valence-corrected chi connectivity index (χ3v) is 11.8. The first-order chi connectivity index (χ1) is 23.5. The number of cyclic esters (lactones) is 1. The molecule has 50 heavy (non-hydrogen) atoms. The van der Waals surface area contributed by atoms with Crippen LogP contribution in [0.4, 0.5) is 4.79 Å². The summed E-state index contributed by atoms with van der Waals surface area (Å²) in [6.45, 7) is 15.4. The topological polar surface area (TPSA) is 148 Å². The largest absolute Gasteiger partial charge is 0.457 e. The highest BCUT2D eigenvalue weighted by molar-refractivity contribution is 6.00. The molecule has 4 aliphatic rings. The van der Waals surface area contributed by atoms with Gasteiger partial charge in [0.05, 0.1) is 23.9 Å². The maximum absolute atomic E-state index is 14.3. The Labute approximate surface area is 299 Å². The second kappa shape index (κ2) is 16.9. The maximum atomic E-state index is 14.3. The van der Waals surface area contributed by atoms with Gasteiger partial charge in [0.25, 0.3) is 0 Å². The number of ketones is 1. The number of rotatable bonds is 10. The first-order valence-corrected chi connectivity index (χ1v) is 18.9. The number of fused-ring (bicyclic) bond motifs is 1. The number of nitrogens with one attached hydrogen (secondary N) is 2. The van der Waals surface area contributed by atoms with Gasteiger partial charge in [-0.25, -0.2) is 4.79 Å². The zero-order chi connectivity index (χ0) is 37.1. The van der Waals surface area contributed by atoms with Crippen molar-refractivity contribution in [3.8, 4) is 0 Å². The number of aliphatic hydroxyl groups is 1. The number of methoxy groups -OCH3 is 1. The van der Waals surface area contributed by atoms with E-state index in [1.807, 2.05) is 46.7 Å². The second-order valence-corrected chi connectivity index (χ2v) is 16.2. The van der Waals surface area contributed by atoms with Gasteiger partial charge in [-0.2, -0.15) is 0 Å². The predicted octanol–water partition coefficient (Wildman–Crippen LogP) is 2.96. The van der Waals surface area contributed by atoms with E-state index < -0.39 is 65.7 Å². The van der Waals surface area contributed by atoms with Gasteiger partial charge in [0, 0.05) is 38.2 Å². The molecule has 13 atom stereocenters. The maximum Gasteiger partial charge on any atom is 0.408 e. The minimum atomic E-state index is -1.14. The smallest absolute Gasteiger partial charge is 0.408 e. The van der Waals surface area contributed by atoms with E-state index in [1.165, 1.54) is 12.8 Å². The predicted molar refractivity (Wildman–Crippen MR) is 188 cm³/mol. The lowest BCUT2D eigenvalue weighted by atomic mass is 9.78. The van der Waals surface area contributed by atoms with Gasteiger partial charge in [-0.3, -0.25) is 9.59 Å². The summed E-state index contributed by atoms with van der Waals surface area (Å²) < 4.78 is 31.6. The third kappa shape index (κ3) is 9.01. The highest BCUT2D eigenvalue weighted by Crippen LogP contribution is 2.39. The van der Waals surface area contributed by atoms with Crippen molar-refractivity contribution in [3.05, 3.63) is 0 Å². The Hall–Kier alpha value is -1.87. The van der Waals surface area contributed by atoms with Crippen LogP contribution in [0.2, 0.25) is 0 Å². The van der Waals surface area contributed by atoms with E-state index in [-0.39, 0.29) is 29.9 Å². The standard InChI is InChI=1S/C37H66N4O9/c1-12-28-37(13-2)31(39-35(45)50-37)24(6)38-18-21(3)17-36(7,46-11)32(22(4)29(42)23(5)33(44)48-28)49-34-30(43)27(40(8)9)16-26(47-34)20-41(10)19-25-14-15-25/h21-28,30-32,34,38,43H,12-20H2,1-11H3,(H,39,45)/t21-,22+,23?,24-,26?,27?,28-,30?,31-,32-,34?,36-,37-/m1/s1. The van der Waals surface area contributed by atoms with Gasteiger partial charge in [0.1, 0.15) is 18.1 Å². The number of amides is 1. The average molecular weight is 711 g/mol. The molecule has 13 heteroatoms. The molecule has 1 saturated carbocycles. The Morgan fingerprint density at radius 2 is 1.72 bits per heavy atom. The molecule has 0 aromatic rings. The summed E-state index contributed by atoms with van der Waals surface area (Å²) >= 11 is 0. The molecule has 3 heterocycles. The van der Waals surface area contributed by atoms with Crippen LogP contribution in [0.5, 0.6) is 0 Å². The number of hydrogen-bond donors (Lipinski definition) is 3. The third-order valence-electron chi connectivity index (χ3n) is 11.8. The quantitative estimate of drug-likeness (QED) is 0.226. The lowest BCUT2D eigenvalue weighted by Gasteiger charge is -2.47. The summed E-state index contributed by atoms with van der Waals surface area (Å²) in [5.41, 5.74) is -2.13. The Bertz CT molecular complexity index is 1170. The average Bonchev–Trinajstić information content (AvgIpc) is 3.82. The fraction of sp³-hybridized carbons (Fsp3) is 0.919. The summed E-state index contributed by atoms with van der Waals surface area (Å²) in [4.78, 5) is 45.1. The molecule has 1 aliphatic carbocycles. The normalized spacial score (nSPS) is 42.4. The summed E-state index contributed by atoms with van der Waals surface area (Å²) in [5.74, 6) is -2.28. The number of aliphatic hydroxyl groups excluding tert-OH is 1. The molecule has 0 bridgehead atoms. The fourth-order valence-electron chi connectivity index (χ4n) is 8.62. The van der Waals surface area contributed by atoms with Crippen molar-refractivity contribution in [1.29, 1.82) is 0 Å². The van der Waals surface area contributed by atoms with E-state index in [2.05, 4.69) is 29.5 Å². The van der Waals surface area contributed by atoms with Crippen LogP contribution in [0, 0.1) is 23.7 Å². The number of hydrogen-bond acceptors (Lipinski definition) is 12. The van der Waals surface area contributed by atoms with Crippen LogP contribution >= 0.6 is 0 Å². The molecule has 0 aromatic carbocycles. The summed E-state index contributed by atoms with van der Waals surface area (Å²) in [6, 6.07) is -0.937. The molecule has 13 nitrogen and oxygen atoms in total. The molecular formula is C37H66N4O9. The molecule has 4 fully saturated rings. The Morgan fingerprint density at radius 3 is 2.30 bits per heavy atom. The molecular weight excluding hydrogens is 644 g/mol. The fourth-order valence-corrected chi connectivity index (χ4v) is 8.62. The van der Waals surface area contributed by atoms with Crippen molar-refractivity contribution in [2.45, 2.75) is 147 Å². The molecule has 288 valence electrons. The highest BCUT2D eigenvalue weighted by atomic mass is 16.7. The number of Topliss-reactive ketones (excluding diaryl/α,β-unsaturated/α-hetero) is 1. The van der Waals surface area contributed by atoms with E-state index in [9.17, 15) is 19.5 Å². The summed E-state index contributed by atoms with van der Waals surface area (Å²) in [7, 11) is 7.59. The van der Waals surface area contributed by atoms with Crippen molar-refractivity contribution < 1.29 is 43.2 Å². The van der Waals surface area contributed by atoms with Crippen molar-refractivity contribution in [3.63, 3.8) is 0 Å². The monoisotopic (exact) mass is 710 g/mol. The van der Waals surface area contributed by atoms with Gasteiger partial charge >= 0.3 is 12.1 Å². The van der Waals surface area contributed by atoms with Gasteiger partial charge in [-0.15, -0.1) is 0 Å². The zero-order valence-electron chi connectivity index (χ0n) is 32.4. The minimum Gasteiger partial charge on any atom is -0.457 e. The van der Waals surface area contributed by atoms with E-state index in [4.69, 9.17) is 23.7 Å². The SMILES string of the molecule is CC[C@H]1OC(=O)C(C)C(=O)[C@H](C)[C@@H](OC2OC(CN(C)CC3CC3)CC(N(C)C)C2O)[C@](C)(OC)C[C@@H](C)CN[C@H](C)[C@H]2NC(=O)O[C@@]21CC. The van der Waals surface area contributed by atoms with Crippen LogP contribution in [0.3, 0.4) is 0 Å². The summed E-state index contributed by atoms with van der Waals surface area (Å²) in [6.07, 6.45) is 0.0150. The van der Waals surface area contributed by atoms with Crippen LogP contribution in [0.1, 0.15) is 87.0 Å². The lowest BCUT2D eigenvalue weighted by molar-refractivity contribution is -0.298. The molecule has 5 unspecified atom stereocenters. The minimum absolute atomic E-state index is 0.0304. The van der Waals surface area contributed by atoms with E-state index in [0.717, 1.165) is 12.5 Å². The van der Waals surface area contributed by atoms with Gasteiger partial charge in [0.15, 0.2) is 17.7 Å². The van der Waals surface area contributed by atoms with Crippen LogP contribution in [0.25, 0.3) is 0 Å².